The van der Waals surface area contributed by atoms with Gasteiger partial charge >= 0.3 is 0 Å². The maximum atomic E-state index is 5.72. The predicted octanol–water partition coefficient (Wildman–Crippen LogP) is 4.24. The molecule has 3 nitrogen and oxygen atoms in total. The highest BCUT2D eigenvalue weighted by atomic mass is 16.6. The lowest BCUT2D eigenvalue weighted by Gasteiger charge is -2.25. The molecule has 0 bridgehead atoms. The van der Waals surface area contributed by atoms with Crippen molar-refractivity contribution in [3.8, 4) is 0 Å². The van der Waals surface area contributed by atoms with Gasteiger partial charge in [-0.25, -0.2) is 0 Å². The number of hydrogen-bond donors (Lipinski definition) is 1. The van der Waals surface area contributed by atoms with E-state index in [1.165, 1.54) is 37.7 Å². The third kappa shape index (κ3) is 4.85. The van der Waals surface area contributed by atoms with Gasteiger partial charge in [0.15, 0.2) is 0 Å². The summed E-state index contributed by atoms with van der Waals surface area (Å²) in [6.07, 6.45) is 6.35. The van der Waals surface area contributed by atoms with Crippen LogP contribution in [0.25, 0.3) is 0 Å². The highest BCUT2D eigenvalue weighted by molar-refractivity contribution is 6.02. The molecule has 2 rings (SSSR count). The molecule has 1 fully saturated rings. The Labute approximate surface area is 128 Å². The summed E-state index contributed by atoms with van der Waals surface area (Å²) in [5.74, 6) is 0.518. The Kier molecular flexibility index (Phi) is 5.40. The summed E-state index contributed by atoms with van der Waals surface area (Å²) in [5.41, 5.74) is 8.85. The molecule has 0 aliphatic heterocycles. The number of oxime groups is 1. The van der Waals surface area contributed by atoms with E-state index in [1.54, 1.807) is 0 Å². The zero-order valence-electron chi connectivity index (χ0n) is 13.6. The van der Waals surface area contributed by atoms with Crippen molar-refractivity contribution in [1.82, 2.24) is 0 Å². The summed E-state index contributed by atoms with van der Waals surface area (Å²) >= 11 is 0. The van der Waals surface area contributed by atoms with E-state index < -0.39 is 0 Å². The molecule has 0 aromatic heterocycles. The molecule has 21 heavy (non-hydrogen) atoms. The smallest absolute Gasteiger partial charge is 0.129 e. The van der Waals surface area contributed by atoms with Crippen LogP contribution in [0.4, 0.5) is 0 Å². The van der Waals surface area contributed by atoms with Crippen molar-refractivity contribution >= 4 is 5.71 Å². The fraction of sp³-hybridized carbons (Fsp3) is 0.611. The highest BCUT2D eigenvalue weighted by Gasteiger charge is 2.22. The first-order valence-electron chi connectivity index (χ1n) is 8.05. The standard InChI is InChI=1S/C18H28N2O/c1-18(2,3)21-20-17(15-7-5-4-6-8-15)16-11-9-14(13-19)10-12-16/h9-12,15H,4-8,13,19H2,1-3H3/b20-17-. The van der Waals surface area contributed by atoms with Crippen LogP contribution >= 0.6 is 0 Å². The summed E-state index contributed by atoms with van der Waals surface area (Å²) in [6.45, 7) is 6.68. The van der Waals surface area contributed by atoms with E-state index in [9.17, 15) is 0 Å². The van der Waals surface area contributed by atoms with Crippen molar-refractivity contribution < 1.29 is 4.84 Å². The number of hydrogen-bond acceptors (Lipinski definition) is 3. The molecule has 0 heterocycles. The molecule has 3 heteroatoms. The molecule has 0 atom stereocenters. The Balaban J connectivity index is 2.24. The van der Waals surface area contributed by atoms with Crippen molar-refractivity contribution in [2.45, 2.75) is 65.0 Å². The molecule has 116 valence electrons. The molecule has 0 saturated heterocycles. The second-order valence-corrected chi connectivity index (χ2v) is 6.92. The summed E-state index contributed by atoms with van der Waals surface area (Å²) in [4.78, 5) is 5.72. The molecule has 1 aliphatic carbocycles. The van der Waals surface area contributed by atoms with Gasteiger partial charge in [0, 0.05) is 12.5 Å². The maximum Gasteiger partial charge on any atom is 0.129 e. The summed E-state index contributed by atoms with van der Waals surface area (Å²) in [5, 5.41) is 4.53. The van der Waals surface area contributed by atoms with Gasteiger partial charge in [0.05, 0.1) is 5.71 Å². The average Bonchev–Trinajstić information content (AvgIpc) is 2.48. The quantitative estimate of drug-likeness (QED) is 0.665. The second kappa shape index (κ2) is 7.08. The molecule has 0 spiro atoms. The van der Waals surface area contributed by atoms with E-state index in [4.69, 9.17) is 10.6 Å². The number of benzene rings is 1. The van der Waals surface area contributed by atoms with Gasteiger partial charge in [-0.15, -0.1) is 0 Å². The second-order valence-electron chi connectivity index (χ2n) is 6.92. The van der Waals surface area contributed by atoms with Crippen LogP contribution in [-0.4, -0.2) is 11.3 Å². The van der Waals surface area contributed by atoms with Gasteiger partial charge in [0.25, 0.3) is 0 Å². The fourth-order valence-corrected chi connectivity index (χ4v) is 2.74. The molecule has 0 unspecified atom stereocenters. The summed E-state index contributed by atoms with van der Waals surface area (Å²) in [6, 6.07) is 8.43. The lowest BCUT2D eigenvalue weighted by atomic mass is 9.83. The first kappa shape index (κ1) is 16.0. The Morgan fingerprint density at radius 1 is 1.14 bits per heavy atom. The SMILES string of the molecule is CC(C)(C)O/N=C(\c1ccc(CN)cc1)C1CCCCC1. The lowest BCUT2D eigenvalue weighted by Crippen LogP contribution is -2.23. The highest BCUT2D eigenvalue weighted by Crippen LogP contribution is 2.28. The lowest BCUT2D eigenvalue weighted by molar-refractivity contribution is 0.00000137. The molecule has 1 aromatic rings. The Morgan fingerprint density at radius 3 is 2.29 bits per heavy atom. The average molecular weight is 288 g/mol. The molecular formula is C18H28N2O. The molecule has 1 saturated carbocycles. The minimum atomic E-state index is -0.253. The van der Waals surface area contributed by atoms with Crippen molar-refractivity contribution in [1.29, 1.82) is 0 Å². The zero-order chi connectivity index (χ0) is 15.3. The van der Waals surface area contributed by atoms with Crippen LogP contribution in [0, 0.1) is 5.92 Å². The topological polar surface area (TPSA) is 47.6 Å². The van der Waals surface area contributed by atoms with Crippen LogP contribution in [0.15, 0.2) is 29.4 Å². The van der Waals surface area contributed by atoms with Gasteiger partial charge in [-0.2, -0.15) is 0 Å². The summed E-state index contributed by atoms with van der Waals surface area (Å²) < 4.78 is 0. The third-order valence-electron chi connectivity index (χ3n) is 3.90. The Morgan fingerprint density at radius 2 is 1.76 bits per heavy atom. The van der Waals surface area contributed by atoms with Crippen LogP contribution in [0.2, 0.25) is 0 Å². The number of nitrogens with two attached hydrogens (primary N) is 1. The van der Waals surface area contributed by atoms with E-state index >= 15 is 0 Å². The van der Waals surface area contributed by atoms with Gasteiger partial charge in [-0.05, 0) is 44.7 Å². The van der Waals surface area contributed by atoms with Crippen LogP contribution in [0.3, 0.4) is 0 Å². The van der Waals surface area contributed by atoms with Gasteiger partial charge in [0.1, 0.15) is 5.60 Å². The Bertz CT molecular complexity index is 465. The monoisotopic (exact) mass is 288 g/mol. The van der Waals surface area contributed by atoms with Crippen LogP contribution in [0.5, 0.6) is 0 Å². The summed E-state index contributed by atoms with van der Waals surface area (Å²) in [7, 11) is 0. The van der Waals surface area contributed by atoms with E-state index in [-0.39, 0.29) is 5.60 Å². The molecule has 1 aromatic carbocycles. The van der Waals surface area contributed by atoms with E-state index in [0.29, 0.717) is 12.5 Å². The normalized spacial score (nSPS) is 17.8. The van der Waals surface area contributed by atoms with Crippen molar-refractivity contribution in [3.05, 3.63) is 35.4 Å². The zero-order valence-corrected chi connectivity index (χ0v) is 13.6. The van der Waals surface area contributed by atoms with E-state index in [0.717, 1.165) is 11.3 Å². The first-order valence-corrected chi connectivity index (χ1v) is 8.05. The van der Waals surface area contributed by atoms with Gasteiger partial charge in [0.2, 0.25) is 0 Å². The minimum absolute atomic E-state index is 0.253. The van der Waals surface area contributed by atoms with Gasteiger partial charge in [-0.3, -0.25) is 0 Å². The minimum Gasteiger partial charge on any atom is -0.390 e. The predicted molar refractivity (Wildman–Crippen MR) is 88.3 cm³/mol. The maximum absolute atomic E-state index is 5.72. The van der Waals surface area contributed by atoms with Gasteiger partial charge in [-0.1, -0.05) is 48.7 Å². The molecule has 2 N–H and O–H groups in total. The molecule has 0 radical (unpaired) electrons. The van der Waals surface area contributed by atoms with E-state index in [1.807, 2.05) is 20.8 Å². The van der Waals surface area contributed by atoms with Crippen LogP contribution in [-0.2, 0) is 11.4 Å². The van der Waals surface area contributed by atoms with Crippen molar-refractivity contribution in [2.24, 2.45) is 16.8 Å². The van der Waals surface area contributed by atoms with Gasteiger partial charge < -0.3 is 10.6 Å². The van der Waals surface area contributed by atoms with Crippen LogP contribution < -0.4 is 5.73 Å². The largest absolute Gasteiger partial charge is 0.390 e. The molecular weight excluding hydrogens is 260 g/mol. The molecule has 1 aliphatic rings. The third-order valence-corrected chi connectivity index (χ3v) is 3.90. The molecule has 0 amide bonds. The Hall–Kier alpha value is -1.35. The van der Waals surface area contributed by atoms with E-state index in [2.05, 4.69) is 29.4 Å². The number of nitrogens with zero attached hydrogens (tertiary/aromatic N) is 1. The van der Waals surface area contributed by atoms with Crippen molar-refractivity contribution in [2.75, 3.05) is 0 Å². The fourth-order valence-electron chi connectivity index (χ4n) is 2.74. The van der Waals surface area contributed by atoms with Crippen LogP contribution in [0.1, 0.15) is 64.0 Å². The van der Waals surface area contributed by atoms with Crippen molar-refractivity contribution in [3.63, 3.8) is 0 Å². The first-order chi connectivity index (χ1) is 9.99. The number of rotatable bonds is 4.